The van der Waals surface area contributed by atoms with Crippen LogP contribution in [0.15, 0.2) is 30.3 Å². The van der Waals surface area contributed by atoms with Crippen LogP contribution >= 0.6 is 0 Å². The minimum absolute atomic E-state index is 0.0360. The zero-order valence-corrected chi connectivity index (χ0v) is 11.5. The predicted octanol–water partition coefficient (Wildman–Crippen LogP) is 2.92. The quantitative estimate of drug-likeness (QED) is 0.734. The maximum absolute atomic E-state index is 12.5. The highest BCUT2D eigenvalue weighted by molar-refractivity contribution is 6.23. The fourth-order valence-electron chi connectivity index (χ4n) is 2.53. The minimum Gasteiger partial charge on any atom is -0.497 e. The fraction of sp³-hybridized carbons (Fsp3) is 0.188. The molecule has 0 saturated carbocycles. The first-order valence-corrected chi connectivity index (χ1v) is 6.18. The van der Waals surface area contributed by atoms with Crippen molar-refractivity contribution in [2.24, 2.45) is 0 Å². The van der Waals surface area contributed by atoms with E-state index in [1.807, 2.05) is 12.1 Å². The van der Waals surface area contributed by atoms with E-state index in [-0.39, 0.29) is 5.78 Å². The number of rotatable bonds is 3. The van der Waals surface area contributed by atoms with Crippen LogP contribution in [0.5, 0.6) is 17.2 Å². The van der Waals surface area contributed by atoms with E-state index in [1.165, 1.54) is 0 Å². The normalized spacial score (nSPS) is 11.8. The number of hydrogen-bond acceptors (Lipinski definition) is 4. The van der Waals surface area contributed by atoms with Crippen molar-refractivity contribution in [1.82, 2.24) is 0 Å². The van der Waals surface area contributed by atoms with Gasteiger partial charge in [-0.15, -0.1) is 0 Å². The van der Waals surface area contributed by atoms with Crippen LogP contribution in [0.1, 0.15) is 15.9 Å². The number of benzene rings is 2. The van der Waals surface area contributed by atoms with Gasteiger partial charge in [0.25, 0.3) is 0 Å². The Balaban J connectivity index is 2.28. The molecule has 0 aromatic heterocycles. The first-order chi connectivity index (χ1) is 9.69. The maximum Gasteiger partial charge on any atom is 0.194 e. The van der Waals surface area contributed by atoms with Crippen LogP contribution in [0, 0.1) is 0 Å². The van der Waals surface area contributed by atoms with Crippen molar-refractivity contribution < 1.29 is 19.0 Å². The SMILES string of the molecule is COc1ccc2c(c1)C(=O)c1cc(OC)cc(OC)c1-2. The Labute approximate surface area is 116 Å². The van der Waals surface area contributed by atoms with E-state index in [4.69, 9.17) is 14.2 Å². The second kappa shape index (κ2) is 4.56. The highest BCUT2D eigenvalue weighted by Gasteiger charge is 2.30. The fourth-order valence-corrected chi connectivity index (χ4v) is 2.53. The lowest BCUT2D eigenvalue weighted by atomic mass is 10.0. The van der Waals surface area contributed by atoms with E-state index >= 15 is 0 Å². The highest BCUT2D eigenvalue weighted by atomic mass is 16.5. The summed E-state index contributed by atoms with van der Waals surface area (Å²) in [7, 11) is 4.73. The summed E-state index contributed by atoms with van der Waals surface area (Å²) in [5.41, 5.74) is 2.91. The monoisotopic (exact) mass is 270 g/mol. The molecular formula is C16H14O4. The van der Waals surface area contributed by atoms with Gasteiger partial charge >= 0.3 is 0 Å². The van der Waals surface area contributed by atoms with E-state index in [2.05, 4.69) is 0 Å². The number of fused-ring (bicyclic) bond motifs is 3. The van der Waals surface area contributed by atoms with Gasteiger partial charge in [-0.25, -0.2) is 0 Å². The number of ether oxygens (including phenoxy) is 3. The van der Waals surface area contributed by atoms with Crippen LogP contribution in [0.2, 0.25) is 0 Å². The molecule has 102 valence electrons. The molecule has 20 heavy (non-hydrogen) atoms. The van der Waals surface area contributed by atoms with Gasteiger partial charge in [-0.2, -0.15) is 0 Å². The number of carbonyl (C=O) groups is 1. The number of hydrogen-bond donors (Lipinski definition) is 0. The molecule has 0 atom stereocenters. The standard InChI is InChI=1S/C16H14O4/c1-18-9-4-5-11-12(6-9)16(17)13-7-10(19-2)8-14(20-3)15(11)13/h4-8H,1-3H3. The summed E-state index contributed by atoms with van der Waals surface area (Å²) in [5, 5.41) is 0. The first kappa shape index (κ1) is 12.5. The van der Waals surface area contributed by atoms with Gasteiger partial charge in [-0.05, 0) is 29.8 Å². The lowest BCUT2D eigenvalue weighted by molar-refractivity contribution is 0.104. The summed E-state index contributed by atoms with van der Waals surface area (Å²) in [4.78, 5) is 12.5. The van der Waals surface area contributed by atoms with Crippen molar-refractivity contribution in [3.05, 3.63) is 41.5 Å². The molecule has 0 bridgehead atoms. The van der Waals surface area contributed by atoms with Gasteiger partial charge in [0.1, 0.15) is 17.2 Å². The lowest BCUT2D eigenvalue weighted by Gasteiger charge is -2.10. The molecule has 0 aliphatic heterocycles. The largest absolute Gasteiger partial charge is 0.497 e. The summed E-state index contributed by atoms with van der Waals surface area (Å²) >= 11 is 0. The Morgan fingerprint density at radius 3 is 2.10 bits per heavy atom. The molecule has 4 heteroatoms. The summed E-state index contributed by atoms with van der Waals surface area (Å²) in [6, 6.07) is 9.00. The van der Waals surface area contributed by atoms with E-state index < -0.39 is 0 Å². The van der Waals surface area contributed by atoms with Crippen LogP contribution in [0.25, 0.3) is 11.1 Å². The average Bonchev–Trinajstić information content (AvgIpc) is 2.79. The lowest BCUT2D eigenvalue weighted by Crippen LogP contribution is -1.97. The number of carbonyl (C=O) groups excluding carboxylic acids is 1. The molecule has 2 aromatic carbocycles. The molecule has 0 radical (unpaired) electrons. The summed E-state index contributed by atoms with van der Waals surface area (Å²) in [6.45, 7) is 0. The molecule has 3 rings (SSSR count). The molecule has 1 aliphatic rings. The number of methoxy groups -OCH3 is 3. The Hall–Kier alpha value is -2.49. The van der Waals surface area contributed by atoms with E-state index in [0.29, 0.717) is 28.4 Å². The van der Waals surface area contributed by atoms with Gasteiger partial charge in [0.2, 0.25) is 0 Å². The van der Waals surface area contributed by atoms with Crippen molar-refractivity contribution in [1.29, 1.82) is 0 Å². The molecule has 0 unspecified atom stereocenters. The maximum atomic E-state index is 12.5. The predicted molar refractivity (Wildman–Crippen MR) is 75.0 cm³/mol. The number of ketones is 1. The Morgan fingerprint density at radius 2 is 1.45 bits per heavy atom. The Bertz CT molecular complexity index is 704. The van der Waals surface area contributed by atoms with Crippen molar-refractivity contribution in [2.45, 2.75) is 0 Å². The van der Waals surface area contributed by atoms with Crippen molar-refractivity contribution in [3.63, 3.8) is 0 Å². The second-order valence-electron chi connectivity index (χ2n) is 4.49. The molecule has 0 saturated heterocycles. The van der Waals surface area contributed by atoms with Gasteiger partial charge in [-0.3, -0.25) is 4.79 Å². The summed E-state index contributed by atoms with van der Waals surface area (Å²) in [5.74, 6) is 1.87. The van der Waals surface area contributed by atoms with Crippen molar-refractivity contribution in [3.8, 4) is 28.4 Å². The van der Waals surface area contributed by atoms with Gasteiger partial charge in [0.05, 0.1) is 21.3 Å². The molecule has 0 amide bonds. The Morgan fingerprint density at radius 1 is 0.750 bits per heavy atom. The zero-order valence-electron chi connectivity index (χ0n) is 11.5. The zero-order chi connectivity index (χ0) is 14.3. The van der Waals surface area contributed by atoms with Crippen LogP contribution in [0.3, 0.4) is 0 Å². The van der Waals surface area contributed by atoms with Gasteiger partial charge < -0.3 is 14.2 Å². The smallest absolute Gasteiger partial charge is 0.194 e. The summed E-state index contributed by atoms with van der Waals surface area (Å²) < 4.78 is 15.8. The summed E-state index contributed by atoms with van der Waals surface area (Å²) in [6.07, 6.45) is 0. The third kappa shape index (κ3) is 1.65. The molecule has 0 heterocycles. The molecular weight excluding hydrogens is 256 g/mol. The molecule has 2 aromatic rings. The van der Waals surface area contributed by atoms with E-state index in [9.17, 15) is 4.79 Å². The van der Waals surface area contributed by atoms with Crippen molar-refractivity contribution >= 4 is 5.78 Å². The third-order valence-electron chi connectivity index (χ3n) is 3.52. The van der Waals surface area contributed by atoms with Crippen molar-refractivity contribution in [2.75, 3.05) is 21.3 Å². The highest BCUT2D eigenvalue weighted by Crippen LogP contribution is 2.45. The molecule has 0 N–H and O–H groups in total. The molecule has 0 fully saturated rings. The van der Waals surface area contributed by atoms with E-state index in [0.717, 1.165) is 11.1 Å². The average molecular weight is 270 g/mol. The van der Waals surface area contributed by atoms with Gasteiger partial charge in [0, 0.05) is 22.8 Å². The van der Waals surface area contributed by atoms with Crippen LogP contribution in [0.4, 0.5) is 0 Å². The van der Waals surface area contributed by atoms with Gasteiger partial charge in [-0.1, -0.05) is 0 Å². The topological polar surface area (TPSA) is 44.8 Å². The molecule has 1 aliphatic carbocycles. The van der Waals surface area contributed by atoms with Crippen LogP contribution < -0.4 is 14.2 Å². The second-order valence-corrected chi connectivity index (χ2v) is 4.49. The van der Waals surface area contributed by atoms with E-state index in [1.54, 1.807) is 39.5 Å². The molecule has 0 spiro atoms. The molecule has 4 nitrogen and oxygen atoms in total. The first-order valence-electron chi connectivity index (χ1n) is 6.18. The Kier molecular flexibility index (Phi) is 2.86. The van der Waals surface area contributed by atoms with Crippen LogP contribution in [-0.4, -0.2) is 27.1 Å². The van der Waals surface area contributed by atoms with Gasteiger partial charge in [0.15, 0.2) is 5.78 Å². The third-order valence-corrected chi connectivity index (χ3v) is 3.52. The minimum atomic E-state index is -0.0360. The van der Waals surface area contributed by atoms with Crippen LogP contribution in [-0.2, 0) is 0 Å².